The average molecular weight is 371 g/mol. The number of H-pyrrole nitrogens is 1. The minimum absolute atomic E-state index is 0.118. The first-order valence-electron chi connectivity index (χ1n) is 7.23. The minimum Gasteiger partial charge on any atom is -0.360 e. The van der Waals surface area contributed by atoms with Crippen molar-refractivity contribution in [3.8, 4) is 0 Å². The molecule has 2 N–H and O–H groups in total. The van der Waals surface area contributed by atoms with Gasteiger partial charge in [-0.15, -0.1) is 0 Å². The summed E-state index contributed by atoms with van der Waals surface area (Å²) in [5.74, 6) is -0.382. The number of aromatic amines is 1. The van der Waals surface area contributed by atoms with Gasteiger partial charge in [0.2, 0.25) is 5.43 Å². The van der Waals surface area contributed by atoms with Gasteiger partial charge in [-0.1, -0.05) is 40.2 Å². The van der Waals surface area contributed by atoms with Crippen molar-refractivity contribution in [3.05, 3.63) is 80.6 Å². The lowest BCUT2D eigenvalue weighted by atomic mass is 10.1. The molecule has 0 bridgehead atoms. The molecule has 3 rings (SSSR count). The van der Waals surface area contributed by atoms with Crippen molar-refractivity contribution in [1.29, 1.82) is 0 Å². The van der Waals surface area contributed by atoms with E-state index in [0.717, 1.165) is 15.6 Å². The Bertz CT molecular complexity index is 916. The number of amides is 1. The molecule has 1 atom stereocenters. The van der Waals surface area contributed by atoms with E-state index in [1.165, 1.54) is 6.20 Å². The fourth-order valence-electron chi connectivity index (χ4n) is 2.45. The number of para-hydroxylation sites is 1. The van der Waals surface area contributed by atoms with Crippen LogP contribution in [0.2, 0.25) is 0 Å². The van der Waals surface area contributed by atoms with Crippen LogP contribution in [0.1, 0.15) is 28.9 Å². The molecule has 23 heavy (non-hydrogen) atoms. The van der Waals surface area contributed by atoms with E-state index in [4.69, 9.17) is 0 Å². The van der Waals surface area contributed by atoms with E-state index in [0.29, 0.717) is 5.39 Å². The van der Waals surface area contributed by atoms with Crippen molar-refractivity contribution in [2.75, 3.05) is 0 Å². The number of benzene rings is 2. The smallest absolute Gasteiger partial charge is 0.257 e. The van der Waals surface area contributed by atoms with E-state index in [1.807, 2.05) is 43.3 Å². The molecule has 0 aliphatic carbocycles. The fourth-order valence-corrected chi connectivity index (χ4v) is 2.71. The monoisotopic (exact) mass is 370 g/mol. The lowest BCUT2D eigenvalue weighted by Crippen LogP contribution is -2.31. The molecule has 1 amide bonds. The first-order valence-corrected chi connectivity index (χ1v) is 8.02. The summed E-state index contributed by atoms with van der Waals surface area (Å²) in [6.07, 6.45) is 1.47. The third-order valence-corrected chi connectivity index (χ3v) is 4.28. The molecule has 0 spiro atoms. The van der Waals surface area contributed by atoms with Gasteiger partial charge in [0.25, 0.3) is 5.91 Å². The molecule has 0 saturated carbocycles. The van der Waals surface area contributed by atoms with E-state index in [-0.39, 0.29) is 22.9 Å². The highest BCUT2D eigenvalue weighted by atomic mass is 79.9. The quantitative estimate of drug-likeness (QED) is 0.736. The summed E-state index contributed by atoms with van der Waals surface area (Å²) in [4.78, 5) is 27.9. The van der Waals surface area contributed by atoms with Crippen LogP contribution in [0.3, 0.4) is 0 Å². The van der Waals surface area contributed by atoms with Gasteiger partial charge in [0.1, 0.15) is 5.56 Å². The Morgan fingerprint density at radius 1 is 1.13 bits per heavy atom. The molecule has 0 fully saturated rings. The normalized spacial score (nSPS) is 12.1. The summed E-state index contributed by atoms with van der Waals surface area (Å²) in [7, 11) is 0. The van der Waals surface area contributed by atoms with Gasteiger partial charge < -0.3 is 10.3 Å². The second-order valence-corrected chi connectivity index (χ2v) is 6.24. The minimum atomic E-state index is -0.382. The van der Waals surface area contributed by atoms with Crippen LogP contribution >= 0.6 is 15.9 Å². The summed E-state index contributed by atoms with van der Waals surface area (Å²) < 4.78 is 0.978. The largest absolute Gasteiger partial charge is 0.360 e. The van der Waals surface area contributed by atoms with Crippen molar-refractivity contribution < 1.29 is 4.79 Å². The van der Waals surface area contributed by atoms with Crippen molar-refractivity contribution in [1.82, 2.24) is 10.3 Å². The number of hydrogen-bond acceptors (Lipinski definition) is 2. The molecular weight excluding hydrogens is 356 g/mol. The summed E-state index contributed by atoms with van der Waals surface area (Å²) >= 11 is 3.38. The van der Waals surface area contributed by atoms with E-state index in [1.54, 1.807) is 12.1 Å². The molecule has 0 radical (unpaired) electrons. The molecule has 1 heterocycles. The molecule has 116 valence electrons. The fraction of sp³-hybridized carbons (Fsp3) is 0.111. The lowest BCUT2D eigenvalue weighted by Gasteiger charge is -2.14. The van der Waals surface area contributed by atoms with Crippen molar-refractivity contribution >= 4 is 32.7 Å². The molecular formula is C18H15BrN2O2. The third-order valence-electron chi connectivity index (χ3n) is 3.75. The maximum absolute atomic E-state index is 12.4. The predicted octanol–water partition coefficient (Wildman–Crippen LogP) is 3.78. The average Bonchev–Trinajstić information content (AvgIpc) is 2.56. The van der Waals surface area contributed by atoms with Crippen LogP contribution < -0.4 is 10.7 Å². The Kier molecular flexibility index (Phi) is 4.30. The lowest BCUT2D eigenvalue weighted by molar-refractivity contribution is 0.0938. The third kappa shape index (κ3) is 3.19. The number of aromatic nitrogens is 1. The van der Waals surface area contributed by atoms with Crippen LogP contribution in [0.15, 0.2) is 64.0 Å². The maximum Gasteiger partial charge on any atom is 0.257 e. The Hall–Kier alpha value is -2.40. The van der Waals surface area contributed by atoms with Crippen molar-refractivity contribution in [3.63, 3.8) is 0 Å². The first-order chi connectivity index (χ1) is 11.1. The number of pyridine rings is 1. The topological polar surface area (TPSA) is 62.0 Å². The van der Waals surface area contributed by atoms with Crippen LogP contribution in [0, 0.1) is 0 Å². The van der Waals surface area contributed by atoms with Crippen LogP contribution in [0.25, 0.3) is 10.9 Å². The van der Waals surface area contributed by atoms with Crippen LogP contribution in [0.5, 0.6) is 0 Å². The highest BCUT2D eigenvalue weighted by Gasteiger charge is 2.15. The van der Waals surface area contributed by atoms with Gasteiger partial charge in [0.05, 0.1) is 6.04 Å². The molecule has 2 aromatic carbocycles. The number of carbonyl (C=O) groups excluding carboxylic acids is 1. The summed E-state index contributed by atoms with van der Waals surface area (Å²) in [5, 5.41) is 3.37. The molecule has 0 aliphatic heterocycles. The van der Waals surface area contributed by atoms with Crippen LogP contribution in [0.4, 0.5) is 0 Å². The van der Waals surface area contributed by atoms with Crippen molar-refractivity contribution in [2.24, 2.45) is 0 Å². The zero-order valence-electron chi connectivity index (χ0n) is 12.5. The number of halogens is 1. The van der Waals surface area contributed by atoms with Gasteiger partial charge in [0.15, 0.2) is 0 Å². The zero-order chi connectivity index (χ0) is 16.4. The number of hydrogen-bond donors (Lipinski definition) is 2. The molecule has 0 unspecified atom stereocenters. The predicted molar refractivity (Wildman–Crippen MR) is 94.6 cm³/mol. The van der Waals surface area contributed by atoms with Gasteiger partial charge in [-0.25, -0.2) is 0 Å². The van der Waals surface area contributed by atoms with Crippen LogP contribution in [-0.4, -0.2) is 10.9 Å². The Morgan fingerprint density at radius 3 is 2.57 bits per heavy atom. The van der Waals surface area contributed by atoms with Gasteiger partial charge in [-0.05, 0) is 36.8 Å². The van der Waals surface area contributed by atoms with Gasteiger partial charge >= 0.3 is 0 Å². The van der Waals surface area contributed by atoms with E-state index in [9.17, 15) is 9.59 Å². The number of carbonyl (C=O) groups is 1. The summed E-state index contributed by atoms with van der Waals surface area (Å²) in [6, 6.07) is 14.6. The highest BCUT2D eigenvalue weighted by Crippen LogP contribution is 2.17. The van der Waals surface area contributed by atoms with Gasteiger partial charge in [-0.3, -0.25) is 9.59 Å². The molecule has 0 aliphatic rings. The first kappa shape index (κ1) is 15.5. The van der Waals surface area contributed by atoms with Crippen LogP contribution in [-0.2, 0) is 0 Å². The van der Waals surface area contributed by atoms with E-state index < -0.39 is 0 Å². The second-order valence-electron chi connectivity index (χ2n) is 5.32. The molecule has 0 saturated heterocycles. The zero-order valence-corrected chi connectivity index (χ0v) is 14.1. The van der Waals surface area contributed by atoms with Gasteiger partial charge in [-0.2, -0.15) is 0 Å². The SMILES string of the molecule is C[C@H](NC(=O)c1c[nH]c2ccccc2c1=O)c1ccc(Br)cc1. The highest BCUT2D eigenvalue weighted by molar-refractivity contribution is 9.10. The van der Waals surface area contributed by atoms with E-state index >= 15 is 0 Å². The van der Waals surface area contributed by atoms with Gasteiger partial charge in [0, 0.05) is 21.6 Å². The summed E-state index contributed by atoms with van der Waals surface area (Å²) in [5.41, 5.74) is 1.54. The summed E-state index contributed by atoms with van der Waals surface area (Å²) in [6.45, 7) is 1.89. The molecule has 1 aromatic heterocycles. The van der Waals surface area contributed by atoms with E-state index in [2.05, 4.69) is 26.2 Å². The second kappa shape index (κ2) is 6.38. The molecule has 3 aromatic rings. The Labute approximate surface area is 141 Å². The Balaban J connectivity index is 1.87. The molecule has 5 heteroatoms. The number of rotatable bonds is 3. The number of fused-ring (bicyclic) bond motifs is 1. The number of nitrogens with one attached hydrogen (secondary N) is 2. The Morgan fingerprint density at radius 2 is 1.83 bits per heavy atom. The van der Waals surface area contributed by atoms with Crippen molar-refractivity contribution in [2.45, 2.75) is 13.0 Å². The maximum atomic E-state index is 12.4. The standard InChI is InChI=1S/C18H15BrN2O2/c1-11(12-6-8-13(19)9-7-12)21-18(23)15-10-20-16-5-3-2-4-14(16)17(15)22/h2-11H,1H3,(H,20,22)(H,21,23)/t11-/m0/s1. The molecule has 4 nitrogen and oxygen atoms in total.